The summed E-state index contributed by atoms with van der Waals surface area (Å²) in [5, 5.41) is 21.2. The summed E-state index contributed by atoms with van der Waals surface area (Å²) < 4.78 is 43.5. The molecule has 30 heavy (non-hydrogen) atoms. The van der Waals surface area contributed by atoms with Crippen LogP contribution in [0.25, 0.3) is 0 Å². The van der Waals surface area contributed by atoms with Crippen LogP contribution in [-0.4, -0.2) is 41.0 Å². The molecule has 0 spiro atoms. The zero-order valence-corrected chi connectivity index (χ0v) is 16.4. The maximum Gasteiger partial charge on any atom is 0.272 e. The number of halogens is 4. The van der Waals surface area contributed by atoms with Gasteiger partial charge in [0.15, 0.2) is 6.61 Å². The van der Waals surface area contributed by atoms with Gasteiger partial charge in [-0.05, 0) is 18.1 Å². The van der Waals surface area contributed by atoms with Gasteiger partial charge >= 0.3 is 0 Å². The van der Waals surface area contributed by atoms with Crippen molar-refractivity contribution in [2.24, 2.45) is 0 Å². The molecule has 1 N–H and O–H groups in total. The average Bonchev–Trinajstić information content (AvgIpc) is 2.72. The minimum absolute atomic E-state index is 0.0342. The van der Waals surface area contributed by atoms with Crippen LogP contribution in [0.1, 0.15) is 22.3 Å². The van der Waals surface area contributed by atoms with E-state index in [0.717, 1.165) is 5.56 Å². The van der Waals surface area contributed by atoms with E-state index in [1.54, 1.807) is 0 Å². The molecule has 0 saturated heterocycles. The number of pyridine rings is 2. The highest BCUT2D eigenvalue weighted by Gasteiger charge is 2.26. The van der Waals surface area contributed by atoms with Crippen LogP contribution in [0.15, 0.2) is 12.1 Å². The Kier molecular flexibility index (Phi) is 6.93. The first-order valence-corrected chi connectivity index (χ1v) is 9.31. The lowest BCUT2D eigenvalue weighted by Crippen LogP contribution is -2.32. The zero-order chi connectivity index (χ0) is 21.7. The highest BCUT2D eigenvalue weighted by Crippen LogP contribution is 2.32. The van der Waals surface area contributed by atoms with E-state index < -0.39 is 19.0 Å². The van der Waals surface area contributed by atoms with Gasteiger partial charge in [0.05, 0.1) is 11.6 Å². The number of aromatic nitrogens is 2. The quantitative estimate of drug-likeness (QED) is 0.525. The number of rotatable bonds is 7. The predicted octanol–water partition coefficient (Wildman–Crippen LogP) is 3.28. The minimum Gasteiger partial charge on any atom is -0.472 e. The van der Waals surface area contributed by atoms with Gasteiger partial charge in [-0.2, -0.15) is 19.9 Å². The Morgan fingerprint density at radius 3 is 2.73 bits per heavy atom. The third kappa shape index (κ3) is 4.90. The minimum atomic E-state index is -2.67. The van der Waals surface area contributed by atoms with Crippen LogP contribution in [0.4, 0.5) is 19.0 Å². The number of fused-ring (bicyclic) bond motifs is 1. The molecule has 0 fully saturated rings. The van der Waals surface area contributed by atoms with Crippen LogP contribution in [0.3, 0.4) is 0 Å². The molecular formula is C19H16ClF3N6O. The maximum absolute atomic E-state index is 14.3. The number of nitriles is 2. The van der Waals surface area contributed by atoms with Crippen molar-refractivity contribution in [3.05, 3.63) is 45.5 Å². The molecule has 0 amide bonds. The molecule has 0 radical (unpaired) electrons. The molecule has 2 aromatic rings. The van der Waals surface area contributed by atoms with Gasteiger partial charge in [0.2, 0.25) is 11.8 Å². The zero-order valence-electron chi connectivity index (χ0n) is 15.6. The number of nitrogens with one attached hydrogen (secondary N) is 1. The van der Waals surface area contributed by atoms with Crippen molar-refractivity contribution in [3.8, 4) is 18.0 Å². The second kappa shape index (κ2) is 9.61. The molecule has 0 atom stereocenters. The van der Waals surface area contributed by atoms with Crippen molar-refractivity contribution in [2.75, 3.05) is 25.0 Å². The maximum atomic E-state index is 14.3. The van der Waals surface area contributed by atoms with Crippen LogP contribution in [0.5, 0.6) is 5.88 Å². The third-order valence-electron chi connectivity index (χ3n) is 4.53. The lowest BCUT2D eigenvalue weighted by atomic mass is 9.96. The van der Waals surface area contributed by atoms with Gasteiger partial charge in [-0.3, -0.25) is 4.90 Å². The SMILES string of the molecule is N#CCNc1nc(Cl)c(C#N)c2c1CCN(Cc1ccc(OCC(F)F)nc1F)C2. The summed E-state index contributed by atoms with van der Waals surface area (Å²) in [4.78, 5) is 9.67. The lowest BCUT2D eigenvalue weighted by molar-refractivity contribution is 0.0790. The van der Waals surface area contributed by atoms with Crippen molar-refractivity contribution in [2.45, 2.75) is 25.9 Å². The second-order valence-electron chi connectivity index (χ2n) is 6.47. The Morgan fingerprint density at radius 1 is 1.27 bits per heavy atom. The summed E-state index contributed by atoms with van der Waals surface area (Å²) in [6.07, 6.45) is -2.15. The van der Waals surface area contributed by atoms with E-state index in [1.807, 2.05) is 11.0 Å². The Morgan fingerprint density at radius 2 is 2.07 bits per heavy atom. The molecule has 0 aliphatic carbocycles. The summed E-state index contributed by atoms with van der Waals surface area (Å²) >= 11 is 6.14. The Balaban J connectivity index is 1.79. The van der Waals surface area contributed by atoms with Gasteiger partial charge < -0.3 is 10.1 Å². The summed E-state index contributed by atoms with van der Waals surface area (Å²) in [6, 6.07) is 6.79. The largest absolute Gasteiger partial charge is 0.472 e. The molecule has 156 valence electrons. The van der Waals surface area contributed by atoms with Crippen LogP contribution in [0, 0.1) is 28.6 Å². The molecule has 2 aromatic heterocycles. The molecule has 0 bridgehead atoms. The number of hydrogen-bond donors (Lipinski definition) is 1. The van der Waals surface area contributed by atoms with Crippen molar-refractivity contribution >= 4 is 17.4 Å². The number of alkyl halides is 2. The van der Waals surface area contributed by atoms with Gasteiger partial charge in [0.1, 0.15) is 23.6 Å². The Bertz CT molecular complexity index is 1020. The van der Waals surface area contributed by atoms with E-state index in [-0.39, 0.29) is 35.2 Å². The molecule has 0 unspecified atom stereocenters. The number of ether oxygens (including phenoxy) is 1. The lowest BCUT2D eigenvalue weighted by Gasteiger charge is -2.30. The van der Waals surface area contributed by atoms with Crippen molar-refractivity contribution in [3.63, 3.8) is 0 Å². The van der Waals surface area contributed by atoms with Crippen LogP contribution < -0.4 is 10.1 Å². The van der Waals surface area contributed by atoms with Gasteiger partial charge in [-0.1, -0.05) is 11.6 Å². The first-order valence-electron chi connectivity index (χ1n) is 8.93. The van der Waals surface area contributed by atoms with E-state index in [2.05, 4.69) is 21.4 Å². The fourth-order valence-corrected chi connectivity index (χ4v) is 3.45. The van der Waals surface area contributed by atoms with Crippen molar-refractivity contribution < 1.29 is 17.9 Å². The van der Waals surface area contributed by atoms with Crippen LogP contribution in [0.2, 0.25) is 5.15 Å². The van der Waals surface area contributed by atoms with Gasteiger partial charge in [-0.25, -0.2) is 13.8 Å². The predicted molar refractivity (Wildman–Crippen MR) is 102 cm³/mol. The summed E-state index contributed by atoms with van der Waals surface area (Å²) in [5.41, 5.74) is 1.99. The molecule has 0 saturated carbocycles. The molecular weight excluding hydrogens is 421 g/mol. The van der Waals surface area contributed by atoms with Crippen molar-refractivity contribution in [1.82, 2.24) is 14.9 Å². The molecule has 1 aliphatic rings. The smallest absolute Gasteiger partial charge is 0.272 e. The molecule has 3 rings (SSSR count). The molecule has 3 heterocycles. The highest BCUT2D eigenvalue weighted by atomic mass is 35.5. The topological polar surface area (TPSA) is 97.9 Å². The molecule has 7 nitrogen and oxygen atoms in total. The van der Waals surface area contributed by atoms with E-state index in [1.165, 1.54) is 12.1 Å². The Hall–Kier alpha value is -3.08. The first-order chi connectivity index (χ1) is 14.4. The third-order valence-corrected chi connectivity index (χ3v) is 4.80. The van der Waals surface area contributed by atoms with Gasteiger partial charge in [0.25, 0.3) is 6.43 Å². The number of nitrogens with zero attached hydrogens (tertiary/aromatic N) is 5. The number of hydrogen-bond acceptors (Lipinski definition) is 7. The molecule has 1 aliphatic heterocycles. The van der Waals surface area contributed by atoms with Crippen LogP contribution in [-0.2, 0) is 19.5 Å². The number of anilines is 1. The molecule has 11 heteroatoms. The average molecular weight is 437 g/mol. The standard InChI is InChI=1S/C19H16ClF3N6O/c20-17-13(7-25)14-9-29(6-3-12(14)19(28-17)26-5-4-24)8-11-1-2-16(27-18(11)23)30-10-15(21)22/h1-2,15H,3,5-6,8-10H2,(H,26,28). The summed E-state index contributed by atoms with van der Waals surface area (Å²) in [7, 11) is 0. The van der Waals surface area contributed by atoms with Crippen molar-refractivity contribution in [1.29, 1.82) is 10.5 Å². The highest BCUT2D eigenvalue weighted by molar-refractivity contribution is 6.30. The first kappa shape index (κ1) is 21.6. The fraction of sp³-hybridized carbons (Fsp3) is 0.368. The normalized spacial score (nSPS) is 13.4. The summed E-state index contributed by atoms with van der Waals surface area (Å²) in [5.74, 6) is -0.556. The monoisotopic (exact) mass is 436 g/mol. The van der Waals surface area contributed by atoms with Gasteiger partial charge in [0, 0.05) is 36.8 Å². The van der Waals surface area contributed by atoms with E-state index in [0.29, 0.717) is 30.9 Å². The van der Waals surface area contributed by atoms with E-state index in [4.69, 9.17) is 21.6 Å². The van der Waals surface area contributed by atoms with E-state index >= 15 is 0 Å². The molecule has 0 aromatic carbocycles. The Labute approximate surface area is 175 Å². The second-order valence-corrected chi connectivity index (χ2v) is 6.83. The van der Waals surface area contributed by atoms with Crippen LogP contribution >= 0.6 is 11.6 Å². The summed E-state index contributed by atoms with van der Waals surface area (Å²) in [6.45, 7) is 0.250. The fourth-order valence-electron chi connectivity index (χ4n) is 3.21. The van der Waals surface area contributed by atoms with E-state index in [9.17, 15) is 18.4 Å². The van der Waals surface area contributed by atoms with Gasteiger partial charge in [-0.15, -0.1) is 0 Å².